The van der Waals surface area contributed by atoms with Crippen LogP contribution >= 0.6 is 0 Å². The van der Waals surface area contributed by atoms with Gasteiger partial charge < -0.3 is 14.8 Å². The van der Waals surface area contributed by atoms with Gasteiger partial charge in [-0.2, -0.15) is 0 Å². The Kier molecular flexibility index (Phi) is 4.76. The number of likely N-dealkylation sites (tertiary alicyclic amines) is 1. The first-order chi connectivity index (χ1) is 11.9. The van der Waals surface area contributed by atoms with Gasteiger partial charge in [0.25, 0.3) is 5.56 Å². The quantitative estimate of drug-likeness (QED) is 0.756. The van der Waals surface area contributed by atoms with Crippen LogP contribution in [0.25, 0.3) is 11.2 Å². The van der Waals surface area contributed by atoms with Gasteiger partial charge in [-0.05, 0) is 32.4 Å². The highest BCUT2D eigenvalue weighted by atomic mass is 16.2. The molecule has 1 unspecified atom stereocenters. The Hall–Kier alpha value is -2.42. The molecule has 2 aromatic heterocycles. The van der Waals surface area contributed by atoms with Gasteiger partial charge in [0, 0.05) is 27.2 Å². The molecule has 1 fully saturated rings. The molecule has 1 N–H and O–H groups in total. The largest absolute Gasteiger partial charge is 0.341 e. The van der Waals surface area contributed by atoms with Crippen molar-refractivity contribution in [1.29, 1.82) is 0 Å². The Labute approximate surface area is 144 Å². The lowest BCUT2D eigenvalue weighted by Gasteiger charge is -2.32. The third-order valence-electron chi connectivity index (χ3n) is 4.86. The maximum absolute atomic E-state index is 12.7. The molecule has 0 radical (unpaired) electrons. The fourth-order valence-corrected chi connectivity index (χ4v) is 3.52. The number of amides is 1. The van der Waals surface area contributed by atoms with Crippen LogP contribution in [0, 0.1) is 5.92 Å². The third kappa shape index (κ3) is 3.11. The molecule has 1 aliphatic rings. The van der Waals surface area contributed by atoms with Crippen molar-refractivity contribution in [1.82, 2.24) is 28.9 Å². The van der Waals surface area contributed by atoms with Crippen molar-refractivity contribution in [2.45, 2.75) is 19.4 Å². The lowest BCUT2D eigenvalue weighted by molar-refractivity contribution is -0.133. The number of rotatable bonds is 4. The van der Waals surface area contributed by atoms with Gasteiger partial charge in [0.05, 0.1) is 6.33 Å². The van der Waals surface area contributed by atoms with Crippen LogP contribution in [0.2, 0.25) is 0 Å². The standard InChI is InChI=1S/C16H24N6O3/c1-17-7-11-5-4-6-21(8-11)12(23)9-22-15(24)13-14(18-10-19(13)2)20(3)16(22)25/h10-11,17H,4-9H2,1-3H3. The Morgan fingerprint density at radius 3 is 2.84 bits per heavy atom. The molecule has 0 saturated carbocycles. The second-order valence-electron chi connectivity index (χ2n) is 6.67. The van der Waals surface area contributed by atoms with Crippen molar-refractivity contribution in [3.63, 3.8) is 0 Å². The molecule has 1 amide bonds. The Bertz CT molecular complexity index is 907. The SMILES string of the molecule is CNCC1CCCN(C(=O)Cn2c(=O)c3c(ncn3C)n(C)c2=O)C1. The van der Waals surface area contributed by atoms with Gasteiger partial charge in [-0.15, -0.1) is 0 Å². The van der Waals surface area contributed by atoms with Crippen LogP contribution in [0.15, 0.2) is 15.9 Å². The van der Waals surface area contributed by atoms with Crippen molar-refractivity contribution in [3.05, 3.63) is 27.2 Å². The van der Waals surface area contributed by atoms with Crippen LogP contribution in [0.5, 0.6) is 0 Å². The molecule has 3 rings (SSSR count). The maximum Gasteiger partial charge on any atom is 0.332 e. The van der Waals surface area contributed by atoms with Crippen LogP contribution in [0.4, 0.5) is 0 Å². The van der Waals surface area contributed by atoms with Crippen molar-refractivity contribution in [2.24, 2.45) is 20.0 Å². The first kappa shape index (κ1) is 17.4. The van der Waals surface area contributed by atoms with E-state index in [0.717, 1.165) is 24.0 Å². The number of nitrogens with zero attached hydrogens (tertiary/aromatic N) is 5. The molecule has 0 bridgehead atoms. The van der Waals surface area contributed by atoms with Gasteiger partial charge in [-0.3, -0.25) is 14.2 Å². The summed E-state index contributed by atoms with van der Waals surface area (Å²) in [5.41, 5.74) is -0.349. The molecule has 1 aliphatic heterocycles. The van der Waals surface area contributed by atoms with E-state index in [4.69, 9.17) is 0 Å². The molecule has 0 aromatic carbocycles. The summed E-state index contributed by atoms with van der Waals surface area (Å²) < 4.78 is 3.89. The minimum atomic E-state index is -0.520. The molecule has 9 heteroatoms. The van der Waals surface area contributed by atoms with Gasteiger partial charge >= 0.3 is 5.69 Å². The van der Waals surface area contributed by atoms with E-state index in [0.29, 0.717) is 30.2 Å². The third-order valence-corrected chi connectivity index (χ3v) is 4.86. The van der Waals surface area contributed by atoms with Crippen molar-refractivity contribution in [3.8, 4) is 0 Å². The zero-order valence-electron chi connectivity index (χ0n) is 14.9. The summed E-state index contributed by atoms with van der Waals surface area (Å²) in [4.78, 5) is 43.7. The number of carbonyl (C=O) groups is 1. The fourth-order valence-electron chi connectivity index (χ4n) is 3.52. The van der Waals surface area contributed by atoms with Crippen LogP contribution in [-0.4, -0.2) is 56.2 Å². The van der Waals surface area contributed by atoms with E-state index in [1.165, 1.54) is 10.9 Å². The molecule has 0 spiro atoms. The lowest BCUT2D eigenvalue weighted by Crippen LogP contribution is -2.48. The van der Waals surface area contributed by atoms with Gasteiger partial charge in [0.2, 0.25) is 5.91 Å². The molecule has 1 saturated heterocycles. The van der Waals surface area contributed by atoms with Gasteiger partial charge in [0.15, 0.2) is 11.2 Å². The molecular weight excluding hydrogens is 324 g/mol. The van der Waals surface area contributed by atoms with E-state index in [1.54, 1.807) is 23.6 Å². The van der Waals surface area contributed by atoms with Crippen LogP contribution in [-0.2, 0) is 25.4 Å². The molecule has 25 heavy (non-hydrogen) atoms. The van der Waals surface area contributed by atoms with E-state index in [9.17, 15) is 14.4 Å². The summed E-state index contributed by atoms with van der Waals surface area (Å²) in [6.07, 6.45) is 3.50. The Morgan fingerprint density at radius 2 is 2.12 bits per heavy atom. The van der Waals surface area contributed by atoms with Gasteiger partial charge in [-0.1, -0.05) is 0 Å². The van der Waals surface area contributed by atoms with Crippen LogP contribution in [0.3, 0.4) is 0 Å². The van der Waals surface area contributed by atoms with E-state index in [-0.39, 0.29) is 12.5 Å². The monoisotopic (exact) mass is 348 g/mol. The highest BCUT2D eigenvalue weighted by molar-refractivity contribution is 5.77. The summed E-state index contributed by atoms with van der Waals surface area (Å²) in [5, 5.41) is 3.14. The number of hydrogen-bond acceptors (Lipinski definition) is 5. The molecule has 9 nitrogen and oxygen atoms in total. The van der Waals surface area contributed by atoms with E-state index in [2.05, 4.69) is 10.3 Å². The van der Waals surface area contributed by atoms with Crippen molar-refractivity contribution in [2.75, 3.05) is 26.7 Å². The predicted octanol–water partition coefficient (Wildman–Crippen LogP) is -1.11. The number of hydrogen-bond donors (Lipinski definition) is 1. The number of fused-ring (bicyclic) bond motifs is 1. The highest BCUT2D eigenvalue weighted by Crippen LogP contribution is 2.16. The number of nitrogens with one attached hydrogen (secondary N) is 1. The molecule has 3 heterocycles. The number of aryl methyl sites for hydroxylation is 2. The van der Waals surface area contributed by atoms with E-state index < -0.39 is 11.2 Å². The summed E-state index contributed by atoms with van der Waals surface area (Å²) in [7, 11) is 5.15. The van der Waals surface area contributed by atoms with Gasteiger partial charge in [-0.25, -0.2) is 14.3 Å². The highest BCUT2D eigenvalue weighted by Gasteiger charge is 2.25. The van der Waals surface area contributed by atoms with E-state index >= 15 is 0 Å². The molecule has 2 aromatic rings. The predicted molar refractivity (Wildman–Crippen MR) is 93.4 cm³/mol. The summed E-state index contributed by atoms with van der Waals surface area (Å²) >= 11 is 0. The summed E-state index contributed by atoms with van der Waals surface area (Å²) in [5.74, 6) is 0.211. The molecule has 0 aliphatic carbocycles. The normalized spacial score (nSPS) is 18.0. The average molecular weight is 348 g/mol. The first-order valence-corrected chi connectivity index (χ1v) is 8.47. The van der Waals surface area contributed by atoms with E-state index in [1.807, 2.05) is 7.05 Å². The zero-order valence-corrected chi connectivity index (χ0v) is 14.9. The van der Waals surface area contributed by atoms with Crippen molar-refractivity contribution < 1.29 is 4.79 Å². The number of aromatic nitrogens is 4. The average Bonchev–Trinajstić information content (AvgIpc) is 2.99. The smallest absolute Gasteiger partial charge is 0.332 e. The second kappa shape index (κ2) is 6.83. The lowest BCUT2D eigenvalue weighted by atomic mass is 9.98. The maximum atomic E-state index is 12.7. The minimum absolute atomic E-state index is 0.193. The molecular formula is C16H24N6O3. The summed E-state index contributed by atoms with van der Waals surface area (Å²) in [6, 6.07) is 0. The minimum Gasteiger partial charge on any atom is -0.341 e. The Balaban J connectivity index is 1.90. The first-order valence-electron chi connectivity index (χ1n) is 8.47. The Morgan fingerprint density at radius 1 is 1.36 bits per heavy atom. The van der Waals surface area contributed by atoms with Crippen LogP contribution in [0.1, 0.15) is 12.8 Å². The molecule has 136 valence electrons. The fraction of sp³-hybridized carbons (Fsp3) is 0.625. The van der Waals surface area contributed by atoms with Gasteiger partial charge in [0.1, 0.15) is 6.54 Å². The topological polar surface area (TPSA) is 94.2 Å². The number of carbonyl (C=O) groups excluding carboxylic acids is 1. The van der Waals surface area contributed by atoms with Crippen molar-refractivity contribution >= 4 is 17.1 Å². The number of piperidine rings is 1. The number of imidazole rings is 1. The van der Waals surface area contributed by atoms with Crippen LogP contribution < -0.4 is 16.6 Å². The summed E-state index contributed by atoms with van der Waals surface area (Å²) in [6.45, 7) is 1.94. The molecule has 1 atom stereocenters. The second-order valence-corrected chi connectivity index (χ2v) is 6.67. The zero-order chi connectivity index (χ0) is 18.1.